The second-order valence-corrected chi connectivity index (χ2v) is 3.48. The van der Waals surface area contributed by atoms with Crippen molar-refractivity contribution in [3.8, 4) is 0 Å². The van der Waals surface area contributed by atoms with Gasteiger partial charge in [0.25, 0.3) is 0 Å². The highest BCUT2D eigenvalue weighted by molar-refractivity contribution is 5.84. The van der Waals surface area contributed by atoms with E-state index in [-0.39, 0.29) is 0 Å². The largest absolute Gasteiger partial charge is 0.312 e. The molecule has 0 atom stereocenters. The zero-order chi connectivity index (χ0) is 11.0. The van der Waals surface area contributed by atoms with Crippen LogP contribution in [0.4, 0.5) is 0 Å². The van der Waals surface area contributed by atoms with Crippen LogP contribution in [-0.2, 0) is 0 Å². The van der Waals surface area contributed by atoms with Gasteiger partial charge in [-0.25, -0.2) is 5.10 Å². The number of aryl methyl sites for hydroxylation is 2. The van der Waals surface area contributed by atoms with Crippen molar-refractivity contribution in [3.05, 3.63) is 49.9 Å². The number of aromatic nitrogens is 2. The van der Waals surface area contributed by atoms with Gasteiger partial charge in [0, 0.05) is 10.9 Å². The van der Waals surface area contributed by atoms with Crippen LogP contribution in [0, 0.1) is 13.8 Å². The van der Waals surface area contributed by atoms with Gasteiger partial charge >= 0.3 is 5.56 Å². The molecule has 0 saturated heterocycles. The predicted octanol–water partition coefficient (Wildman–Crippen LogP) is 0.900. The van der Waals surface area contributed by atoms with Gasteiger partial charge in [-0.1, -0.05) is 12.1 Å². The lowest BCUT2D eigenvalue weighted by Crippen LogP contribution is -2.25. The monoisotopic (exact) mass is 202 g/mol. The van der Waals surface area contributed by atoms with E-state index >= 15 is 0 Å². The van der Waals surface area contributed by atoms with E-state index in [1.165, 1.54) is 0 Å². The summed E-state index contributed by atoms with van der Waals surface area (Å²) in [5.41, 5.74) is 0.821. The van der Waals surface area contributed by atoms with Crippen molar-refractivity contribution >= 4 is 10.9 Å². The second-order valence-electron chi connectivity index (χ2n) is 3.48. The molecule has 2 aromatic rings. The maximum Gasteiger partial charge on any atom is 0.312 e. The van der Waals surface area contributed by atoms with Crippen LogP contribution in [0.15, 0.2) is 27.8 Å². The fraction of sp³-hybridized carbons (Fsp3) is 0.182. The van der Waals surface area contributed by atoms with Crippen molar-refractivity contribution in [2.24, 2.45) is 0 Å². The van der Waals surface area contributed by atoms with E-state index in [0.29, 0.717) is 11.1 Å². The molecule has 0 bridgehead atoms. The van der Waals surface area contributed by atoms with E-state index < -0.39 is 11.0 Å². The molecule has 1 heterocycles. The molecule has 1 aromatic carbocycles. The third-order valence-corrected chi connectivity index (χ3v) is 2.45. The number of hydrogen-bond donors (Lipinski definition) is 1. The average molecular weight is 202 g/mol. The summed E-state index contributed by atoms with van der Waals surface area (Å²) in [7, 11) is 0. The molecule has 0 radical (unpaired) electrons. The van der Waals surface area contributed by atoms with Gasteiger partial charge in [-0.05, 0) is 25.5 Å². The zero-order valence-corrected chi connectivity index (χ0v) is 8.50. The highest BCUT2D eigenvalue weighted by Crippen LogP contribution is 2.15. The molecule has 0 aliphatic carbocycles. The molecule has 0 fully saturated rings. The predicted molar refractivity (Wildman–Crippen MR) is 58.1 cm³/mol. The first-order chi connectivity index (χ1) is 7.11. The Morgan fingerprint density at radius 2 is 1.93 bits per heavy atom. The van der Waals surface area contributed by atoms with Crippen molar-refractivity contribution in [1.82, 2.24) is 10.2 Å². The van der Waals surface area contributed by atoms with Gasteiger partial charge in [0.1, 0.15) is 0 Å². The minimum atomic E-state index is -0.678. The molecule has 1 aromatic heterocycles. The van der Waals surface area contributed by atoms with E-state index in [0.717, 1.165) is 10.9 Å². The maximum atomic E-state index is 11.6. The molecule has 0 amide bonds. The van der Waals surface area contributed by atoms with E-state index in [4.69, 9.17) is 0 Å². The van der Waals surface area contributed by atoms with Crippen molar-refractivity contribution in [2.75, 3.05) is 0 Å². The zero-order valence-electron chi connectivity index (χ0n) is 8.50. The first-order valence-electron chi connectivity index (χ1n) is 4.60. The number of nitrogens with zero attached hydrogens (tertiary/aromatic N) is 1. The lowest BCUT2D eigenvalue weighted by atomic mass is 10.1. The Hall–Kier alpha value is -1.97. The molecule has 0 spiro atoms. The van der Waals surface area contributed by atoms with Crippen molar-refractivity contribution in [2.45, 2.75) is 13.8 Å². The first kappa shape index (κ1) is 9.58. The van der Waals surface area contributed by atoms with Crippen molar-refractivity contribution in [1.29, 1.82) is 0 Å². The fourth-order valence-corrected chi connectivity index (χ4v) is 1.68. The molecule has 15 heavy (non-hydrogen) atoms. The van der Waals surface area contributed by atoms with E-state index in [2.05, 4.69) is 10.2 Å². The molecule has 2 rings (SSSR count). The van der Waals surface area contributed by atoms with Crippen LogP contribution >= 0.6 is 0 Å². The Bertz CT molecular complexity index is 644. The maximum absolute atomic E-state index is 11.6. The number of nitrogens with one attached hydrogen (secondary N) is 1. The number of rotatable bonds is 0. The van der Waals surface area contributed by atoms with Gasteiger partial charge in [-0.15, -0.1) is 0 Å². The minimum absolute atomic E-state index is 0.446. The average Bonchev–Trinajstić information content (AvgIpc) is 2.32. The summed E-state index contributed by atoms with van der Waals surface area (Å²) < 4.78 is 0. The molecular weight excluding hydrogens is 192 g/mol. The summed E-state index contributed by atoms with van der Waals surface area (Å²) in [5.74, 6) is 0. The molecule has 4 nitrogen and oxygen atoms in total. The number of H-pyrrole nitrogens is 1. The molecule has 1 N–H and O–H groups in total. The molecule has 0 aliphatic rings. The molecule has 0 aliphatic heterocycles. The van der Waals surface area contributed by atoms with Crippen molar-refractivity contribution in [3.63, 3.8) is 0 Å². The SMILES string of the molecule is Cc1cccc2n[nH]c(=O)c(=O)c(C)c12. The summed E-state index contributed by atoms with van der Waals surface area (Å²) in [6, 6.07) is 5.50. The van der Waals surface area contributed by atoms with Crippen LogP contribution in [0.25, 0.3) is 10.9 Å². The second kappa shape index (κ2) is 3.31. The Morgan fingerprint density at radius 3 is 2.67 bits per heavy atom. The van der Waals surface area contributed by atoms with Gasteiger partial charge in [-0.3, -0.25) is 9.59 Å². The summed E-state index contributed by atoms with van der Waals surface area (Å²) in [4.78, 5) is 22.8. The van der Waals surface area contributed by atoms with Crippen LogP contribution in [0.3, 0.4) is 0 Å². The first-order valence-corrected chi connectivity index (χ1v) is 4.60. The smallest absolute Gasteiger partial charge is 0.283 e. The molecule has 76 valence electrons. The summed E-state index contributed by atoms with van der Waals surface area (Å²) >= 11 is 0. The van der Waals surface area contributed by atoms with Gasteiger partial charge < -0.3 is 0 Å². The number of hydrogen-bond acceptors (Lipinski definition) is 3. The normalized spacial score (nSPS) is 10.5. The van der Waals surface area contributed by atoms with Crippen molar-refractivity contribution < 1.29 is 0 Å². The van der Waals surface area contributed by atoms with Gasteiger partial charge in [-0.2, -0.15) is 5.10 Å². The minimum Gasteiger partial charge on any atom is -0.283 e. The Kier molecular flexibility index (Phi) is 2.11. The highest BCUT2D eigenvalue weighted by atomic mass is 16.2. The van der Waals surface area contributed by atoms with Gasteiger partial charge in [0.2, 0.25) is 5.43 Å². The third-order valence-electron chi connectivity index (χ3n) is 2.45. The highest BCUT2D eigenvalue weighted by Gasteiger charge is 2.05. The third kappa shape index (κ3) is 1.44. The number of benzene rings is 1. The standard InChI is InChI=1S/C11H10N2O2/c1-6-4-3-5-8-9(6)7(2)10(14)11(15)13-12-8/h3-5H,1-2H3,(H,13,14,15). The van der Waals surface area contributed by atoms with Crippen LogP contribution in [0.1, 0.15) is 11.1 Å². The van der Waals surface area contributed by atoms with Crippen LogP contribution in [0.2, 0.25) is 0 Å². The van der Waals surface area contributed by atoms with E-state index in [9.17, 15) is 9.59 Å². The lowest BCUT2D eigenvalue weighted by molar-refractivity contribution is 1.03. The number of fused-ring (bicyclic) bond motifs is 1. The van der Waals surface area contributed by atoms with E-state index in [1.807, 2.05) is 19.1 Å². The quantitative estimate of drug-likeness (QED) is 0.645. The van der Waals surface area contributed by atoms with E-state index in [1.54, 1.807) is 13.0 Å². The van der Waals surface area contributed by atoms with Crippen LogP contribution in [0.5, 0.6) is 0 Å². The van der Waals surface area contributed by atoms with Gasteiger partial charge in [0.15, 0.2) is 0 Å². The molecule has 0 saturated carbocycles. The summed E-state index contributed by atoms with van der Waals surface area (Å²) in [5, 5.41) is 6.86. The Morgan fingerprint density at radius 1 is 1.20 bits per heavy atom. The van der Waals surface area contributed by atoms with Crippen LogP contribution in [-0.4, -0.2) is 10.2 Å². The molecule has 0 unspecified atom stereocenters. The fourth-order valence-electron chi connectivity index (χ4n) is 1.68. The Balaban J connectivity index is 3.20. The topological polar surface area (TPSA) is 62.8 Å². The number of aromatic amines is 1. The lowest BCUT2D eigenvalue weighted by Gasteiger charge is -1.97. The molecule has 4 heteroatoms. The van der Waals surface area contributed by atoms with Crippen LogP contribution < -0.4 is 11.0 Å². The molecular formula is C11H10N2O2. The summed E-state index contributed by atoms with van der Waals surface area (Å²) in [6.07, 6.45) is 0. The Labute approximate surface area is 85.6 Å². The van der Waals surface area contributed by atoms with Gasteiger partial charge in [0.05, 0.1) is 5.52 Å². The summed E-state index contributed by atoms with van der Waals surface area (Å²) in [6.45, 7) is 3.54.